The molecule has 0 bridgehead atoms. The van der Waals surface area contributed by atoms with Gasteiger partial charge in [-0.15, -0.1) is 0 Å². The summed E-state index contributed by atoms with van der Waals surface area (Å²) < 4.78 is 13.7. The molecule has 0 aromatic heterocycles. The van der Waals surface area contributed by atoms with E-state index in [2.05, 4.69) is 0 Å². The Kier molecular flexibility index (Phi) is 5.47. The van der Waals surface area contributed by atoms with Gasteiger partial charge >= 0.3 is 0 Å². The molecule has 100 valence electrons. The number of carbonyl (C=O) groups is 1. The number of hydrogen-bond acceptors (Lipinski definition) is 3. The van der Waals surface area contributed by atoms with E-state index in [1.807, 2.05) is 13.2 Å². The summed E-state index contributed by atoms with van der Waals surface area (Å²) in [5, 5.41) is 0. The molecule has 1 unspecified atom stereocenters. The fraction of sp³-hybridized carbons (Fsp3) is 0.462. The van der Waals surface area contributed by atoms with Crippen LogP contribution in [-0.2, 0) is 0 Å². The van der Waals surface area contributed by atoms with Gasteiger partial charge in [0.1, 0.15) is 5.82 Å². The molecule has 1 aromatic rings. The minimum absolute atomic E-state index is 0.0752. The van der Waals surface area contributed by atoms with Crippen LogP contribution in [0.15, 0.2) is 18.2 Å². The molecule has 5 heteroatoms. The van der Waals surface area contributed by atoms with Gasteiger partial charge in [0.15, 0.2) is 0 Å². The summed E-state index contributed by atoms with van der Waals surface area (Å²) in [6.45, 7) is 2.02. The molecule has 1 atom stereocenters. The highest BCUT2D eigenvalue weighted by Gasteiger charge is 2.21. The van der Waals surface area contributed by atoms with Gasteiger partial charge in [-0.3, -0.25) is 4.79 Å². The van der Waals surface area contributed by atoms with E-state index in [4.69, 9.17) is 5.73 Å². The van der Waals surface area contributed by atoms with E-state index in [1.165, 1.54) is 12.1 Å². The lowest BCUT2D eigenvalue weighted by molar-refractivity contribution is 0.0739. The van der Waals surface area contributed by atoms with Crippen LogP contribution >= 0.6 is 11.8 Å². The highest BCUT2D eigenvalue weighted by Crippen LogP contribution is 2.17. The zero-order chi connectivity index (χ0) is 13.7. The molecule has 1 aromatic carbocycles. The van der Waals surface area contributed by atoms with Gasteiger partial charge in [-0.25, -0.2) is 4.39 Å². The minimum Gasteiger partial charge on any atom is -0.399 e. The van der Waals surface area contributed by atoms with Crippen LogP contribution in [0.2, 0.25) is 0 Å². The molecular formula is C13H19FN2OS. The third kappa shape index (κ3) is 3.38. The van der Waals surface area contributed by atoms with Gasteiger partial charge in [-0.1, -0.05) is 6.92 Å². The van der Waals surface area contributed by atoms with Crippen molar-refractivity contribution in [2.75, 3.05) is 24.8 Å². The Morgan fingerprint density at radius 1 is 1.56 bits per heavy atom. The van der Waals surface area contributed by atoms with Crippen molar-refractivity contribution in [2.24, 2.45) is 0 Å². The number of halogens is 1. The quantitative estimate of drug-likeness (QED) is 0.837. The number of benzene rings is 1. The van der Waals surface area contributed by atoms with Gasteiger partial charge in [0, 0.05) is 24.5 Å². The highest BCUT2D eigenvalue weighted by atomic mass is 32.2. The van der Waals surface area contributed by atoms with Gasteiger partial charge in [0.2, 0.25) is 0 Å². The fourth-order valence-corrected chi connectivity index (χ4v) is 2.60. The van der Waals surface area contributed by atoms with E-state index in [-0.39, 0.29) is 17.5 Å². The summed E-state index contributed by atoms with van der Waals surface area (Å²) in [5.74, 6) is -0.0192. The number of rotatable bonds is 5. The summed E-state index contributed by atoms with van der Waals surface area (Å²) in [4.78, 5) is 13.8. The molecule has 3 nitrogen and oxygen atoms in total. The van der Waals surface area contributed by atoms with Crippen molar-refractivity contribution < 1.29 is 9.18 Å². The van der Waals surface area contributed by atoms with Crippen LogP contribution in [0, 0.1) is 5.82 Å². The van der Waals surface area contributed by atoms with Crippen LogP contribution in [0.3, 0.4) is 0 Å². The van der Waals surface area contributed by atoms with E-state index in [9.17, 15) is 9.18 Å². The first-order valence-corrected chi connectivity index (χ1v) is 7.21. The Bertz CT molecular complexity index is 425. The van der Waals surface area contributed by atoms with Crippen LogP contribution in [0.5, 0.6) is 0 Å². The topological polar surface area (TPSA) is 46.3 Å². The zero-order valence-corrected chi connectivity index (χ0v) is 11.8. The molecule has 0 saturated heterocycles. The van der Waals surface area contributed by atoms with E-state index < -0.39 is 5.82 Å². The molecule has 0 heterocycles. The summed E-state index contributed by atoms with van der Waals surface area (Å²) in [7, 11) is 1.71. The lowest BCUT2D eigenvalue weighted by Crippen LogP contribution is -2.38. The average molecular weight is 270 g/mol. The lowest BCUT2D eigenvalue weighted by atomic mass is 10.1. The Balaban J connectivity index is 2.91. The molecule has 2 N–H and O–H groups in total. The van der Waals surface area contributed by atoms with Gasteiger partial charge in [0.05, 0.1) is 5.56 Å². The fourth-order valence-electron chi connectivity index (χ4n) is 1.76. The molecule has 0 spiro atoms. The number of nitrogen functional groups attached to an aromatic ring is 1. The average Bonchev–Trinajstić information content (AvgIpc) is 2.34. The standard InChI is InChI=1S/C13H19FN2OS/c1-4-10(8-18-3)16(2)13(17)11-6-5-9(15)7-12(11)14/h5-7,10H,4,8,15H2,1-3H3. The predicted octanol–water partition coefficient (Wildman–Crippen LogP) is 2.62. The van der Waals surface area contributed by atoms with E-state index in [0.717, 1.165) is 12.2 Å². The molecule has 0 fully saturated rings. The van der Waals surface area contributed by atoms with Crippen molar-refractivity contribution in [2.45, 2.75) is 19.4 Å². The molecule has 18 heavy (non-hydrogen) atoms. The van der Waals surface area contributed by atoms with Crippen molar-refractivity contribution in [1.82, 2.24) is 4.90 Å². The Hall–Kier alpha value is -1.23. The smallest absolute Gasteiger partial charge is 0.256 e. The summed E-state index contributed by atoms with van der Waals surface area (Å²) in [5.41, 5.74) is 5.87. The number of thioether (sulfide) groups is 1. The van der Waals surface area contributed by atoms with Crippen LogP contribution in [0.4, 0.5) is 10.1 Å². The third-order valence-corrected chi connectivity index (χ3v) is 3.64. The second-order valence-corrected chi connectivity index (χ2v) is 5.08. The van der Waals surface area contributed by atoms with Gasteiger partial charge in [-0.2, -0.15) is 11.8 Å². The van der Waals surface area contributed by atoms with Gasteiger partial charge in [0.25, 0.3) is 5.91 Å². The van der Waals surface area contributed by atoms with Crippen molar-refractivity contribution in [3.8, 4) is 0 Å². The molecule has 0 aliphatic rings. The first-order chi connectivity index (χ1) is 8.51. The summed E-state index contributed by atoms with van der Waals surface area (Å²) >= 11 is 1.67. The normalized spacial score (nSPS) is 12.2. The third-order valence-electron chi connectivity index (χ3n) is 2.92. The second kappa shape index (κ2) is 6.64. The van der Waals surface area contributed by atoms with Gasteiger partial charge in [-0.05, 0) is 30.9 Å². The van der Waals surface area contributed by atoms with Crippen molar-refractivity contribution >= 4 is 23.4 Å². The SMILES string of the molecule is CCC(CSC)N(C)C(=O)c1ccc(N)cc1F. The highest BCUT2D eigenvalue weighted by molar-refractivity contribution is 7.98. The van der Waals surface area contributed by atoms with Crippen LogP contribution < -0.4 is 5.73 Å². The summed E-state index contributed by atoms with van der Waals surface area (Å²) in [6, 6.07) is 4.27. The zero-order valence-electron chi connectivity index (χ0n) is 10.9. The maximum atomic E-state index is 13.7. The number of carbonyl (C=O) groups excluding carboxylic acids is 1. The van der Waals surface area contributed by atoms with Crippen LogP contribution in [-0.4, -0.2) is 35.9 Å². The molecule has 0 radical (unpaired) electrons. The number of anilines is 1. The van der Waals surface area contributed by atoms with Crippen LogP contribution in [0.1, 0.15) is 23.7 Å². The molecule has 0 aliphatic heterocycles. The number of nitrogens with two attached hydrogens (primary N) is 1. The maximum absolute atomic E-state index is 13.7. The first-order valence-electron chi connectivity index (χ1n) is 5.82. The monoisotopic (exact) mass is 270 g/mol. The lowest BCUT2D eigenvalue weighted by Gasteiger charge is -2.27. The second-order valence-electron chi connectivity index (χ2n) is 4.17. The number of amides is 1. The molecular weight excluding hydrogens is 251 g/mol. The minimum atomic E-state index is -0.564. The molecule has 1 rings (SSSR count). The largest absolute Gasteiger partial charge is 0.399 e. The van der Waals surface area contributed by atoms with E-state index >= 15 is 0 Å². The molecule has 0 saturated carbocycles. The first kappa shape index (κ1) is 14.8. The predicted molar refractivity (Wildman–Crippen MR) is 75.4 cm³/mol. The Morgan fingerprint density at radius 3 is 2.72 bits per heavy atom. The maximum Gasteiger partial charge on any atom is 0.256 e. The molecule has 0 aliphatic carbocycles. The van der Waals surface area contributed by atoms with Crippen molar-refractivity contribution in [3.63, 3.8) is 0 Å². The number of nitrogens with zero attached hydrogens (tertiary/aromatic N) is 1. The summed E-state index contributed by atoms with van der Waals surface area (Å²) in [6.07, 6.45) is 2.84. The van der Waals surface area contributed by atoms with Gasteiger partial charge < -0.3 is 10.6 Å². The van der Waals surface area contributed by atoms with E-state index in [0.29, 0.717) is 5.69 Å². The Labute approximate surface area is 112 Å². The van der Waals surface area contributed by atoms with Crippen molar-refractivity contribution in [3.05, 3.63) is 29.6 Å². The van der Waals surface area contributed by atoms with Crippen LogP contribution in [0.25, 0.3) is 0 Å². The number of hydrogen-bond donors (Lipinski definition) is 1. The Morgan fingerprint density at radius 2 is 2.22 bits per heavy atom. The molecule has 1 amide bonds. The van der Waals surface area contributed by atoms with E-state index in [1.54, 1.807) is 29.8 Å². The van der Waals surface area contributed by atoms with Crippen molar-refractivity contribution in [1.29, 1.82) is 0 Å².